The number of anilines is 2. The molecule has 1 aromatic carbocycles. The highest BCUT2D eigenvalue weighted by atomic mass is 19.4. The Balaban J connectivity index is 2.19. The van der Waals surface area contributed by atoms with E-state index in [4.69, 9.17) is 0 Å². The zero-order valence-electron chi connectivity index (χ0n) is 10.7. The molecule has 0 aliphatic rings. The minimum absolute atomic E-state index is 0.0737. The van der Waals surface area contributed by atoms with E-state index in [-0.39, 0.29) is 11.8 Å². The Morgan fingerprint density at radius 2 is 1.80 bits per heavy atom. The SMILES string of the molecule is CNc1nc(NCc2ccccc2)cc(C(F)(F)F)n1. The van der Waals surface area contributed by atoms with Gasteiger partial charge in [-0.3, -0.25) is 0 Å². The molecule has 2 aromatic rings. The van der Waals surface area contributed by atoms with Gasteiger partial charge in [0.25, 0.3) is 0 Å². The summed E-state index contributed by atoms with van der Waals surface area (Å²) in [6.07, 6.45) is -4.50. The predicted octanol–water partition coefficient (Wildman–Crippen LogP) is 3.15. The first kappa shape index (κ1) is 14.1. The summed E-state index contributed by atoms with van der Waals surface area (Å²) in [5, 5.41) is 5.37. The molecule has 0 fully saturated rings. The van der Waals surface area contributed by atoms with E-state index in [1.807, 2.05) is 30.3 Å². The molecule has 1 aromatic heterocycles. The van der Waals surface area contributed by atoms with Crippen LogP contribution in [0.15, 0.2) is 36.4 Å². The third-order valence-electron chi connectivity index (χ3n) is 2.56. The number of nitrogens with zero attached hydrogens (tertiary/aromatic N) is 2. The molecule has 0 atom stereocenters. The van der Waals surface area contributed by atoms with Crippen molar-refractivity contribution in [3.63, 3.8) is 0 Å². The van der Waals surface area contributed by atoms with E-state index in [2.05, 4.69) is 20.6 Å². The molecule has 0 unspecified atom stereocenters. The molecule has 0 aliphatic heterocycles. The molecular weight excluding hydrogens is 269 g/mol. The average molecular weight is 282 g/mol. The second-order valence-electron chi connectivity index (χ2n) is 4.05. The molecule has 1 heterocycles. The fourth-order valence-corrected chi connectivity index (χ4v) is 1.58. The van der Waals surface area contributed by atoms with Gasteiger partial charge in [-0.2, -0.15) is 18.2 Å². The maximum Gasteiger partial charge on any atom is 0.433 e. The highest BCUT2D eigenvalue weighted by Crippen LogP contribution is 2.29. The molecule has 0 spiro atoms. The van der Waals surface area contributed by atoms with Crippen LogP contribution in [0.3, 0.4) is 0 Å². The fraction of sp³-hybridized carbons (Fsp3) is 0.231. The molecule has 2 N–H and O–H groups in total. The maximum absolute atomic E-state index is 12.7. The van der Waals surface area contributed by atoms with Crippen molar-refractivity contribution in [3.05, 3.63) is 47.7 Å². The lowest BCUT2D eigenvalue weighted by Crippen LogP contribution is -2.13. The Morgan fingerprint density at radius 3 is 2.40 bits per heavy atom. The maximum atomic E-state index is 12.7. The van der Waals surface area contributed by atoms with Crippen LogP contribution in [-0.4, -0.2) is 17.0 Å². The fourth-order valence-electron chi connectivity index (χ4n) is 1.58. The predicted molar refractivity (Wildman–Crippen MR) is 70.3 cm³/mol. The van der Waals surface area contributed by atoms with Crippen LogP contribution in [0.5, 0.6) is 0 Å². The van der Waals surface area contributed by atoms with Gasteiger partial charge in [0.05, 0.1) is 0 Å². The number of nitrogens with one attached hydrogen (secondary N) is 2. The quantitative estimate of drug-likeness (QED) is 0.904. The molecule has 0 amide bonds. The van der Waals surface area contributed by atoms with Gasteiger partial charge in [-0.1, -0.05) is 30.3 Å². The van der Waals surface area contributed by atoms with Gasteiger partial charge in [0.1, 0.15) is 5.82 Å². The van der Waals surface area contributed by atoms with E-state index >= 15 is 0 Å². The number of hydrogen-bond donors (Lipinski definition) is 2. The first-order valence-electron chi connectivity index (χ1n) is 5.91. The highest BCUT2D eigenvalue weighted by Gasteiger charge is 2.33. The van der Waals surface area contributed by atoms with Gasteiger partial charge in [-0.25, -0.2) is 4.98 Å². The van der Waals surface area contributed by atoms with Crippen LogP contribution in [0.4, 0.5) is 24.9 Å². The molecule has 0 radical (unpaired) electrons. The number of alkyl halides is 3. The van der Waals surface area contributed by atoms with Crippen molar-refractivity contribution in [2.75, 3.05) is 17.7 Å². The van der Waals surface area contributed by atoms with Gasteiger partial charge >= 0.3 is 6.18 Å². The first-order valence-corrected chi connectivity index (χ1v) is 5.91. The monoisotopic (exact) mass is 282 g/mol. The van der Waals surface area contributed by atoms with Gasteiger partial charge in [0.2, 0.25) is 5.95 Å². The van der Waals surface area contributed by atoms with Crippen LogP contribution in [0.2, 0.25) is 0 Å². The Hall–Kier alpha value is -2.31. The summed E-state index contributed by atoms with van der Waals surface area (Å²) in [5.74, 6) is 0.0518. The van der Waals surface area contributed by atoms with Crippen molar-refractivity contribution in [1.82, 2.24) is 9.97 Å². The topological polar surface area (TPSA) is 49.8 Å². The van der Waals surface area contributed by atoms with Crippen LogP contribution in [0.25, 0.3) is 0 Å². The summed E-state index contributed by atoms with van der Waals surface area (Å²) >= 11 is 0. The highest BCUT2D eigenvalue weighted by molar-refractivity contribution is 5.43. The minimum Gasteiger partial charge on any atom is -0.366 e. The van der Waals surface area contributed by atoms with Gasteiger partial charge < -0.3 is 10.6 Å². The summed E-state index contributed by atoms with van der Waals surface area (Å²) < 4.78 is 38.1. The summed E-state index contributed by atoms with van der Waals surface area (Å²) in [7, 11) is 1.47. The number of halogens is 3. The molecular formula is C13H13F3N4. The van der Waals surface area contributed by atoms with E-state index in [1.165, 1.54) is 7.05 Å². The molecule has 0 aliphatic carbocycles. The zero-order valence-corrected chi connectivity index (χ0v) is 10.7. The molecule has 2 rings (SSSR count). The Labute approximate surface area is 114 Å². The van der Waals surface area contributed by atoms with E-state index in [9.17, 15) is 13.2 Å². The van der Waals surface area contributed by atoms with Crippen LogP contribution < -0.4 is 10.6 Å². The average Bonchev–Trinajstić information content (AvgIpc) is 2.45. The Morgan fingerprint density at radius 1 is 1.10 bits per heavy atom. The molecule has 0 saturated heterocycles. The third-order valence-corrected chi connectivity index (χ3v) is 2.56. The lowest BCUT2D eigenvalue weighted by atomic mass is 10.2. The van der Waals surface area contributed by atoms with Gasteiger partial charge in [0, 0.05) is 19.7 Å². The second-order valence-corrected chi connectivity index (χ2v) is 4.05. The van der Waals surface area contributed by atoms with Crippen LogP contribution >= 0.6 is 0 Å². The Bertz CT molecular complexity index is 570. The number of benzene rings is 1. The van der Waals surface area contributed by atoms with Gasteiger partial charge in [0.15, 0.2) is 5.69 Å². The van der Waals surface area contributed by atoms with E-state index in [0.717, 1.165) is 11.6 Å². The smallest absolute Gasteiger partial charge is 0.366 e. The molecule has 20 heavy (non-hydrogen) atoms. The van der Waals surface area contributed by atoms with Crippen LogP contribution in [-0.2, 0) is 12.7 Å². The summed E-state index contributed by atoms with van der Waals surface area (Å²) in [6.45, 7) is 0.387. The summed E-state index contributed by atoms with van der Waals surface area (Å²) in [6, 6.07) is 10.2. The molecule has 0 saturated carbocycles. The molecule has 0 bridgehead atoms. The van der Waals surface area contributed by atoms with E-state index in [0.29, 0.717) is 6.54 Å². The molecule has 7 heteroatoms. The third kappa shape index (κ3) is 3.59. The number of rotatable bonds is 4. The van der Waals surface area contributed by atoms with E-state index < -0.39 is 11.9 Å². The van der Waals surface area contributed by atoms with Crippen molar-refractivity contribution in [3.8, 4) is 0 Å². The minimum atomic E-state index is -4.50. The lowest BCUT2D eigenvalue weighted by Gasteiger charge is -2.11. The summed E-state index contributed by atoms with van der Waals surface area (Å²) in [5.41, 5.74) is -0.0295. The van der Waals surface area contributed by atoms with Crippen LogP contribution in [0, 0.1) is 0 Å². The first-order chi connectivity index (χ1) is 9.49. The van der Waals surface area contributed by atoms with Crippen molar-refractivity contribution >= 4 is 11.8 Å². The normalized spacial score (nSPS) is 11.2. The lowest BCUT2D eigenvalue weighted by molar-refractivity contribution is -0.141. The zero-order chi connectivity index (χ0) is 14.6. The van der Waals surface area contributed by atoms with E-state index in [1.54, 1.807) is 0 Å². The Kier molecular flexibility index (Phi) is 4.07. The standard InChI is InChI=1S/C13H13F3N4/c1-17-12-19-10(13(14,15)16)7-11(20-12)18-8-9-5-3-2-4-6-9/h2-7H,8H2,1H3,(H2,17,18,19,20). The number of aromatic nitrogens is 2. The van der Waals surface area contributed by atoms with Crippen molar-refractivity contribution in [1.29, 1.82) is 0 Å². The second kappa shape index (κ2) is 5.77. The molecule has 4 nitrogen and oxygen atoms in total. The van der Waals surface area contributed by atoms with Crippen molar-refractivity contribution in [2.45, 2.75) is 12.7 Å². The van der Waals surface area contributed by atoms with Crippen molar-refractivity contribution < 1.29 is 13.2 Å². The summed E-state index contributed by atoms with van der Waals surface area (Å²) in [4.78, 5) is 7.34. The van der Waals surface area contributed by atoms with Crippen LogP contribution in [0.1, 0.15) is 11.3 Å². The van der Waals surface area contributed by atoms with Gasteiger partial charge in [-0.05, 0) is 5.56 Å². The van der Waals surface area contributed by atoms with Gasteiger partial charge in [-0.15, -0.1) is 0 Å². The number of hydrogen-bond acceptors (Lipinski definition) is 4. The molecule has 106 valence electrons. The largest absolute Gasteiger partial charge is 0.433 e. The van der Waals surface area contributed by atoms with Crippen molar-refractivity contribution in [2.24, 2.45) is 0 Å².